The van der Waals surface area contributed by atoms with E-state index in [9.17, 15) is 10.2 Å². The first-order valence-electron chi connectivity index (χ1n) is 11.6. The average Bonchev–Trinajstić information content (AvgIpc) is 3.28. The molecule has 5 rings (SSSR count). The van der Waals surface area contributed by atoms with E-state index >= 15 is 0 Å². The smallest absolute Gasteiger partial charge is 0.124 e. The number of nitrogens with zero attached hydrogens (tertiary/aromatic N) is 1. The van der Waals surface area contributed by atoms with Gasteiger partial charge in [-0.3, -0.25) is 0 Å². The van der Waals surface area contributed by atoms with E-state index in [0.29, 0.717) is 23.9 Å². The highest BCUT2D eigenvalue weighted by Gasteiger charge is 2.62. The summed E-state index contributed by atoms with van der Waals surface area (Å²) in [5.74, 6) is 3.40. The molecular weight excluding hydrogens is 350 g/mol. The maximum atomic E-state index is 10.7. The Balaban J connectivity index is 1.45. The van der Waals surface area contributed by atoms with E-state index in [1.807, 2.05) is 6.92 Å². The summed E-state index contributed by atoms with van der Waals surface area (Å²) in [4.78, 5) is 0. The highest BCUT2D eigenvalue weighted by Crippen LogP contribution is 2.70. The molecule has 8 atom stereocenters. The van der Waals surface area contributed by atoms with Crippen LogP contribution in [0.3, 0.4) is 0 Å². The van der Waals surface area contributed by atoms with E-state index in [0.717, 1.165) is 49.1 Å². The largest absolute Gasteiger partial charge is 0.396 e. The van der Waals surface area contributed by atoms with Crippen LogP contribution in [0.25, 0.3) is 0 Å². The minimum atomic E-state index is -0.509. The van der Waals surface area contributed by atoms with Gasteiger partial charge < -0.3 is 14.7 Å². The van der Waals surface area contributed by atoms with Crippen molar-refractivity contribution in [1.82, 2.24) is 5.16 Å². The second-order valence-corrected chi connectivity index (χ2v) is 11.2. The first kappa shape index (κ1) is 19.1. The number of hydrogen-bond acceptors (Lipinski definition) is 4. The van der Waals surface area contributed by atoms with Crippen molar-refractivity contribution in [2.45, 2.75) is 89.6 Å². The number of rotatable bonds is 3. The van der Waals surface area contributed by atoms with Gasteiger partial charge in [0.25, 0.3) is 0 Å². The van der Waals surface area contributed by atoms with Crippen molar-refractivity contribution in [3.05, 3.63) is 18.0 Å². The van der Waals surface area contributed by atoms with Crippen molar-refractivity contribution in [2.75, 3.05) is 6.61 Å². The molecule has 4 fully saturated rings. The van der Waals surface area contributed by atoms with Crippen LogP contribution >= 0.6 is 0 Å². The second kappa shape index (κ2) is 6.57. The first-order chi connectivity index (χ1) is 13.4. The molecule has 0 aromatic carbocycles. The first-order valence-corrected chi connectivity index (χ1v) is 11.6. The Morgan fingerprint density at radius 1 is 1.07 bits per heavy atom. The fourth-order valence-electron chi connectivity index (χ4n) is 8.83. The summed E-state index contributed by atoms with van der Waals surface area (Å²) in [5.41, 5.74) is 1.25. The van der Waals surface area contributed by atoms with Gasteiger partial charge >= 0.3 is 0 Å². The van der Waals surface area contributed by atoms with Gasteiger partial charge in [0.2, 0.25) is 0 Å². The lowest BCUT2D eigenvalue weighted by atomic mass is 9.42. The molecule has 1 unspecified atom stereocenters. The zero-order valence-electron chi connectivity index (χ0n) is 17.6. The van der Waals surface area contributed by atoms with Crippen molar-refractivity contribution < 1.29 is 14.7 Å². The maximum absolute atomic E-state index is 10.7. The van der Waals surface area contributed by atoms with E-state index < -0.39 is 5.60 Å². The van der Waals surface area contributed by atoms with Crippen molar-refractivity contribution in [1.29, 1.82) is 0 Å². The van der Waals surface area contributed by atoms with Gasteiger partial charge in [-0.25, -0.2) is 0 Å². The third kappa shape index (κ3) is 2.66. The maximum Gasteiger partial charge on any atom is 0.124 e. The zero-order chi connectivity index (χ0) is 19.6. The van der Waals surface area contributed by atoms with Gasteiger partial charge in [-0.1, -0.05) is 12.1 Å². The van der Waals surface area contributed by atoms with Crippen LogP contribution in [0.1, 0.15) is 89.7 Å². The van der Waals surface area contributed by atoms with E-state index in [1.54, 1.807) is 6.26 Å². The van der Waals surface area contributed by atoms with Crippen LogP contribution in [0.2, 0.25) is 0 Å². The fourth-order valence-corrected chi connectivity index (χ4v) is 8.83. The Hall–Kier alpha value is -0.870. The van der Waals surface area contributed by atoms with Crippen molar-refractivity contribution >= 4 is 0 Å². The summed E-state index contributed by atoms with van der Waals surface area (Å²) >= 11 is 0. The number of aromatic nitrogens is 1. The molecule has 4 aliphatic rings. The zero-order valence-corrected chi connectivity index (χ0v) is 17.6. The van der Waals surface area contributed by atoms with E-state index in [2.05, 4.69) is 18.1 Å². The van der Waals surface area contributed by atoms with Crippen LogP contribution in [0.4, 0.5) is 0 Å². The predicted molar refractivity (Wildman–Crippen MR) is 108 cm³/mol. The van der Waals surface area contributed by atoms with E-state index in [4.69, 9.17) is 4.52 Å². The summed E-state index contributed by atoms with van der Waals surface area (Å²) < 4.78 is 5.19. The summed E-state index contributed by atoms with van der Waals surface area (Å²) in [6, 6.07) is 2.08. The summed E-state index contributed by atoms with van der Waals surface area (Å²) in [6.45, 7) is 4.85. The van der Waals surface area contributed by atoms with E-state index in [1.165, 1.54) is 38.5 Å². The lowest BCUT2D eigenvalue weighted by Gasteiger charge is -2.63. The number of aliphatic hydroxyl groups excluding tert-OH is 1. The van der Waals surface area contributed by atoms with Crippen LogP contribution in [0.15, 0.2) is 16.9 Å². The summed E-state index contributed by atoms with van der Waals surface area (Å²) in [7, 11) is 0. The van der Waals surface area contributed by atoms with Crippen LogP contribution < -0.4 is 0 Å². The number of fused-ring (bicyclic) bond motifs is 5. The number of hydrogen-bond donors (Lipinski definition) is 2. The van der Waals surface area contributed by atoms with Crippen LogP contribution in [0, 0.1) is 34.5 Å². The molecule has 0 radical (unpaired) electrons. The van der Waals surface area contributed by atoms with Gasteiger partial charge in [-0.2, -0.15) is 0 Å². The van der Waals surface area contributed by atoms with Crippen LogP contribution in [-0.2, 0) is 0 Å². The van der Waals surface area contributed by atoms with Crippen LogP contribution in [-0.4, -0.2) is 27.6 Å². The molecular formula is C24H37NO3. The molecule has 0 aliphatic heterocycles. The lowest BCUT2D eigenvalue weighted by molar-refractivity contribution is -0.158. The SMILES string of the molecule is C[C@@]1(O)CC[C@@]2(CCO)[C@@H](CCC3[C@@H]4CC[C@H](c5ccon5)[C@@]4(C)CC[C@@H]32)C1. The van der Waals surface area contributed by atoms with Crippen molar-refractivity contribution in [3.8, 4) is 0 Å². The summed E-state index contributed by atoms with van der Waals surface area (Å²) in [5, 5.41) is 25.1. The molecule has 28 heavy (non-hydrogen) atoms. The minimum Gasteiger partial charge on any atom is -0.396 e. The molecule has 4 aliphatic carbocycles. The normalized spacial score (nSPS) is 50.6. The molecule has 1 heterocycles. The molecule has 156 valence electrons. The lowest BCUT2D eigenvalue weighted by Crippen LogP contribution is -2.56. The van der Waals surface area contributed by atoms with Crippen LogP contribution in [0.5, 0.6) is 0 Å². The van der Waals surface area contributed by atoms with Gasteiger partial charge in [0.15, 0.2) is 0 Å². The molecule has 4 nitrogen and oxygen atoms in total. The Labute approximate surface area is 169 Å². The minimum absolute atomic E-state index is 0.257. The molecule has 0 bridgehead atoms. The number of aliphatic hydroxyl groups is 2. The molecule has 0 spiro atoms. The average molecular weight is 388 g/mol. The van der Waals surface area contributed by atoms with Gasteiger partial charge in [0, 0.05) is 18.6 Å². The Morgan fingerprint density at radius 3 is 2.68 bits per heavy atom. The molecule has 4 saturated carbocycles. The molecule has 1 aromatic heterocycles. The monoisotopic (exact) mass is 387 g/mol. The quantitative estimate of drug-likeness (QED) is 0.773. The highest BCUT2D eigenvalue weighted by atomic mass is 16.5. The van der Waals surface area contributed by atoms with Crippen molar-refractivity contribution in [3.63, 3.8) is 0 Å². The summed E-state index contributed by atoms with van der Waals surface area (Å²) in [6.07, 6.45) is 13.2. The van der Waals surface area contributed by atoms with E-state index in [-0.39, 0.29) is 5.41 Å². The van der Waals surface area contributed by atoms with Gasteiger partial charge in [0.05, 0.1) is 11.3 Å². The predicted octanol–water partition coefficient (Wildman–Crippen LogP) is 4.91. The Kier molecular flexibility index (Phi) is 4.48. The molecule has 2 N–H and O–H groups in total. The Morgan fingerprint density at radius 2 is 1.93 bits per heavy atom. The van der Waals surface area contributed by atoms with Crippen molar-refractivity contribution in [2.24, 2.45) is 34.5 Å². The second-order valence-electron chi connectivity index (χ2n) is 11.2. The van der Waals surface area contributed by atoms with Gasteiger partial charge in [0.1, 0.15) is 6.26 Å². The Bertz CT molecular complexity index is 701. The third-order valence-corrected chi connectivity index (χ3v) is 10.0. The fraction of sp³-hybridized carbons (Fsp3) is 0.875. The third-order valence-electron chi connectivity index (χ3n) is 10.0. The standard InChI is InChI=1S/C24H37NO3/c1-22(27)10-11-24(12-13-26)16(15-22)3-4-17-18-5-6-20(21-8-14-28-25-21)23(18,2)9-7-19(17)24/h8,14,16-20,26-27H,3-7,9-13,15H2,1-2H3/t16-,17?,18-,19-,20+,22+,23-,24+/m0/s1. The van der Waals surface area contributed by atoms with Gasteiger partial charge in [-0.05, 0) is 106 Å². The van der Waals surface area contributed by atoms with Gasteiger partial charge in [-0.15, -0.1) is 0 Å². The molecule has 1 aromatic rings. The topological polar surface area (TPSA) is 66.5 Å². The molecule has 0 amide bonds. The molecule has 0 saturated heterocycles. The highest BCUT2D eigenvalue weighted by molar-refractivity contribution is 5.18. The molecule has 4 heteroatoms.